The van der Waals surface area contributed by atoms with Gasteiger partial charge in [-0.05, 0) is 15.9 Å². The molecule has 0 saturated carbocycles. The Kier molecular flexibility index (Phi) is 6.07. The molecule has 1 aromatic rings. The van der Waals surface area contributed by atoms with Gasteiger partial charge in [0.2, 0.25) is 0 Å². The molecule has 0 heterocycles. The first-order valence-electron chi connectivity index (χ1n) is 4.61. The second-order valence-corrected chi connectivity index (χ2v) is 4.37. The second kappa shape index (κ2) is 6.42. The predicted octanol–water partition coefficient (Wildman–Crippen LogP) is 2.11. The van der Waals surface area contributed by atoms with Crippen molar-refractivity contribution in [1.82, 2.24) is 0 Å². The van der Waals surface area contributed by atoms with Crippen molar-refractivity contribution in [2.45, 2.75) is 12.0 Å². The van der Waals surface area contributed by atoms with Gasteiger partial charge in [-0.2, -0.15) is 0 Å². The zero-order valence-electron chi connectivity index (χ0n) is 9.22. The molecule has 0 amide bonds. The van der Waals surface area contributed by atoms with Gasteiger partial charge in [0.15, 0.2) is 0 Å². The van der Waals surface area contributed by atoms with E-state index in [-0.39, 0.29) is 16.9 Å². The molecule has 0 saturated heterocycles. The van der Waals surface area contributed by atoms with Crippen LogP contribution in [0.1, 0.15) is 11.6 Å². The number of alkyl halides is 2. The van der Waals surface area contributed by atoms with Gasteiger partial charge >= 0.3 is 0 Å². The number of benzene rings is 1. The Morgan fingerprint density at radius 1 is 1.53 bits per heavy atom. The molecule has 1 atom stereocenters. The summed E-state index contributed by atoms with van der Waals surface area (Å²) < 4.78 is 26.3. The predicted molar refractivity (Wildman–Crippen MR) is 68.7 cm³/mol. The lowest BCUT2D eigenvalue weighted by Crippen LogP contribution is -2.36. The summed E-state index contributed by atoms with van der Waals surface area (Å²) >= 11 is 2.80. The van der Waals surface area contributed by atoms with Crippen LogP contribution in [0, 0.1) is 10.1 Å². The molecule has 1 aromatic carbocycles. The molecule has 1 rings (SSSR count). The molecule has 0 aliphatic heterocycles. The number of aromatic hydroxyl groups is 1. The lowest BCUT2D eigenvalue weighted by Gasteiger charge is -2.22. The van der Waals surface area contributed by atoms with Crippen molar-refractivity contribution in [2.24, 2.45) is 5.73 Å². The monoisotopic (exact) mass is 362 g/mol. The Morgan fingerprint density at radius 2 is 2.05 bits per heavy atom. The van der Waals surface area contributed by atoms with Gasteiger partial charge in [-0.25, -0.2) is 8.78 Å². The van der Waals surface area contributed by atoms with Gasteiger partial charge in [-0.15, -0.1) is 12.4 Å². The minimum atomic E-state index is -3.70. The van der Waals surface area contributed by atoms with E-state index in [1.54, 1.807) is 0 Å². The summed E-state index contributed by atoms with van der Waals surface area (Å²) in [6.45, 7) is -1.53. The van der Waals surface area contributed by atoms with Crippen LogP contribution in [0.4, 0.5) is 14.5 Å². The van der Waals surface area contributed by atoms with Crippen molar-refractivity contribution in [3.63, 3.8) is 0 Å². The summed E-state index contributed by atoms with van der Waals surface area (Å²) in [7, 11) is 0. The molecule has 0 bridgehead atoms. The molecular weight excluding hydrogens is 353 g/mol. The molecule has 10 heteroatoms. The van der Waals surface area contributed by atoms with Crippen LogP contribution >= 0.6 is 28.3 Å². The summed E-state index contributed by atoms with van der Waals surface area (Å²) in [5.41, 5.74) is 4.19. The lowest BCUT2D eigenvalue weighted by molar-refractivity contribution is -0.385. The van der Waals surface area contributed by atoms with E-state index in [0.717, 1.165) is 12.1 Å². The number of nitrogens with two attached hydrogens (primary N) is 1. The first-order chi connectivity index (χ1) is 8.20. The number of nitro benzene ring substituents is 1. The first-order valence-corrected chi connectivity index (χ1v) is 5.41. The van der Waals surface area contributed by atoms with Crippen molar-refractivity contribution in [3.05, 3.63) is 32.3 Å². The average Bonchev–Trinajstić information content (AvgIpc) is 2.31. The van der Waals surface area contributed by atoms with E-state index in [2.05, 4.69) is 15.9 Å². The average molecular weight is 364 g/mol. The summed E-state index contributed by atoms with van der Waals surface area (Å²) in [4.78, 5) is 9.78. The highest BCUT2D eigenvalue weighted by molar-refractivity contribution is 9.10. The van der Waals surface area contributed by atoms with Crippen LogP contribution in [0.15, 0.2) is 16.6 Å². The van der Waals surface area contributed by atoms with Crippen LogP contribution in [-0.2, 0) is 0 Å². The summed E-state index contributed by atoms with van der Waals surface area (Å²) in [6.07, 6.45) is 0. The number of hydrogen-bond acceptors (Lipinski definition) is 5. The van der Waals surface area contributed by atoms with Crippen molar-refractivity contribution in [2.75, 3.05) is 6.61 Å². The fourth-order valence-electron chi connectivity index (χ4n) is 1.27. The number of aliphatic hydroxyl groups excluding tert-OH is 1. The number of rotatable bonds is 4. The fourth-order valence-corrected chi connectivity index (χ4v) is 1.74. The lowest BCUT2D eigenvalue weighted by atomic mass is 10.0. The van der Waals surface area contributed by atoms with Gasteiger partial charge in [-0.1, -0.05) is 0 Å². The van der Waals surface area contributed by atoms with Gasteiger partial charge in [-0.3, -0.25) is 10.1 Å². The normalized spacial score (nSPS) is 12.7. The Hall–Kier alpha value is -1.03. The molecule has 108 valence electrons. The molecule has 0 spiro atoms. The molecule has 0 unspecified atom stereocenters. The maximum absolute atomic E-state index is 13.2. The van der Waals surface area contributed by atoms with Crippen LogP contribution in [0.3, 0.4) is 0 Å². The van der Waals surface area contributed by atoms with Crippen molar-refractivity contribution in [3.8, 4) is 5.75 Å². The number of phenols is 1. The Balaban J connectivity index is 0.00000324. The summed E-state index contributed by atoms with van der Waals surface area (Å²) in [5.74, 6) is -4.33. The molecule has 6 nitrogen and oxygen atoms in total. The highest BCUT2D eigenvalue weighted by Crippen LogP contribution is 2.40. The quantitative estimate of drug-likeness (QED) is 0.560. The third-order valence-electron chi connectivity index (χ3n) is 2.29. The minimum absolute atomic E-state index is 0. The number of nitro groups is 1. The van der Waals surface area contributed by atoms with Gasteiger partial charge in [0, 0.05) is 17.7 Å². The Morgan fingerprint density at radius 3 is 2.47 bits per heavy atom. The van der Waals surface area contributed by atoms with E-state index in [9.17, 15) is 24.0 Å². The number of non-ortho nitro benzene ring substituents is 1. The van der Waals surface area contributed by atoms with E-state index >= 15 is 0 Å². The van der Waals surface area contributed by atoms with E-state index in [4.69, 9.17) is 10.8 Å². The Labute approximate surface area is 120 Å². The van der Waals surface area contributed by atoms with Gasteiger partial charge in [0.25, 0.3) is 11.6 Å². The van der Waals surface area contributed by atoms with Crippen LogP contribution in [0.25, 0.3) is 0 Å². The van der Waals surface area contributed by atoms with Gasteiger partial charge in [0.1, 0.15) is 18.4 Å². The topological polar surface area (TPSA) is 110 Å². The van der Waals surface area contributed by atoms with Crippen LogP contribution < -0.4 is 5.73 Å². The number of aliphatic hydroxyl groups is 1. The second-order valence-electron chi connectivity index (χ2n) is 3.52. The standard InChI is InChI=1S/C9H9BrF2N2O4.ClH/c10-6-2-4(14(17)18)1-5(7(6)16)8(13)9(11,12)3-15;/h1-2,8,15-16H,3,13H2;1H/t8-;/m1./s1. The van der Waals surface area contributed by atoms with Gasteiger partial charge < -0.3 is 15.9 Å². The highest BCUT2D eigenvalue weighted by Gasteiger charge is 2.39. The van der Waals surface area contributed by atoms with Crippen LogP contribution in [-0.4, -0.2) is 27.7 Å². The third-order valence-corrected chi connectivity index (χ3v) is 2.89. The van der Waals surface area contributed by atoms with Gasteiger partial charge in [0.05, 0.1) is 9.40 Å². The largest absolute Gasteiger partial charge is 0.506 e. The molecule has 0 radical (unpaired) electrons. The number of halogens is 4. The summed E-state index contributed by atoms with van der Waals surface area (Å²) in [5, 5.41) is 28.7. The van der Waals surface area contributed by atoms with Crippen molar-refractivity contribution < 1.29 is 23.9 Å². The molecule has 4 N–H and O–H groups in total. The first kappa shape index (κ1) is 18.0. The maximum Gasteiger partial charge on any atom is 0.289 e. The molecule has 0 aromatic heterocycles. The van der Waals surface area contributed by atoms with Crippen LogP contribution in [0.5, 0.6) is 5.75 Å². The Bertz CT molecular complexity index is 490. The van der Waals surface area contributed by atoms with E-state index in [1.807, 2.05) is 0 Å². The molecule has 0 aliphatic carbocycles. The maximum atomic E-state index is 13.2. The zero-order valence-corrected chi connectivity index (χ0v) is 11.6. The number of phenolic OH excluding ortho intramolecular Hbond substituents is 1. The van der Waals surface area contributed by atoms with Crippen LogP contribution in [0.2, 0.25) is 0 Å². The third kappa shape index (κ3) is 3.72. The van der Waals surface area contributed by atoms with E-state index in [1.165, 1.54) is 0 Å². The fraction of sp³-hybridized carbons (Fsp3) is 0.333. The molecule has 0 fully saturated rings. The minimum Gasteiger partial charge on any atom is -0.506 e. The zero-order chi connectivity index (χ0) is 14.1. The number of hydrogen-bond donors (Lipinski definition) is 3. The van der Waals surface area contributed by atoms with Crippen molar-refractivity contribution >= 4 is 34.0 Å². The highest BCUT2D eigenvalue weighted by atomic mass is 79.9. The van der Waals surface area contributed by atoms with Crippen molar-refractivity contribution in [1.29, 1.82) is 0 Å². The molecular formula is C9H10BrClF2N2O4. The van der Waals surface area contributed by atoms with E-state index in [0.29, 0.717) is 0 Å². The van der Waals surface area contributed by atoms with E-state index < -0.39 is 40.5 Å². The number of nitrogens with zero attached hydrogens (tertiary/aromatic N) is 1. The smallest absolute Gasteiger partial charge is 0.289 e. The molecule has 19 heavy (non-hydrogen) atoms. The molecule has 0 aliphatic rings. The SMILES string of the molecule is Cl.N[C@H](c1cc([N+](=O)[O-])cc(Br)c1O)C(F)(F)CO. The summed E-state index contributed by atoms with van der Waals surface area (Å²) in [6, 6.07) is -0.351.